The normalized spacial score (nSPS) is 10.7. The van der Waals surface area contributed by atoms with E-state index in [2.05, 4.69) is 4.98 Å². The molecule has 0 unspecified atom stereocenters. The van der Waals surface area contributed by atoms with E-state index in [9.17, 15) is 20.0 Å². The Morgan fingerprint density at radius 1 is 1.13 bits per heavy atom. The smallest absolute Gasteiger partial charge is 0.336 e. The van der Waals surface area contributed by atoms with E-state index in [1.54, 1.807) is 18.2 Å². The Morgan fingerprint density at radius 2 is 1.83 bits per heavy atom. The summed E-state index contributed by atoms with van der Waals surface area (Å²) in [6.45, 7) is 1.90. The molecule has 0 radical (unpaired) electrons. The van der Waals surface area contributed by atoms with Gasteiger partial charge in [-0.2, -0.15) is 0 Å². The molecule has 0 bridgehead atoms. The Bertz CT molecular complexity index is 933. The van der Waals surface area contributed by atoms with Gasteiger partial charge in [-0.3, -0.25) is 10.1 Å². The molecular formula is C17H12N2O4. The van der Waals surface area contributed by atoms with E-state index in [0.717, 1.165) is 5.56 Å². The summed E-state index contributed by atoms with van der Waals surface area (Å²) in [7, 11) is 0. The van der Waals surface area contributed by atoms with Gasteiger partial charge in [-0.05, 0) is 36.8 Å². The molecule has 1 aromatic heterocycles. The molecule has 1 heterocycles. The zero-order valence-corrected chi connectivity index (χ0v) is 12.2. The first-order valence-corrected chi connectivity index (χ1v) is 6.85. The summed E-state index contributed by atoms with van der Waals surface area (Å²) in [6.07, 6.45) is 0. The minimum absolute atomic E-state index is 0.0242. The van der Waals surface area contributed by atoms with Gasteiger partial charge in [0.2, 0.25) is 0 Å². The second-order valence-electron chi connectivity index (χ2n) is 5.18. The molecule has 23 heavy (non-hydrogen) atoms. The fourth-order valence-corrected chi connectivity index (χ4v) is 2.42. The van der Waals surface area contributed by atoms with Crippen molar-refractivity contribution < 1.29 is 14.8 Å². The van der Waals surface area contributed by atoms with Gasteiger partial charge in [-0.25, -0.2) is 9.78 Å². The van der Waals surface area contributed by atoms with Crippen molar-refractivity contribution in [2.75, 3.05) is 0 Å². The molecule has 0 aliphatic rings. The Kier molecular flexibility index (Phi) is 3.50. The van der Waals surface area contributed by atoms with Crippen molar-refractivity contribution in [2.45, 2.75) is 6.92 Å². The highest BCUT2D eigenvalue weighted by Crippen LogP contribution is 2.27. The van der Waals surface area contributed by atoms with Crippen LogP contribution in [0.25, 0.3) is 22.2 Å². The first-order chi connectivity index (χ1) is 11.0. The first-order valence-electron chi connectivity index (χ1n) is 6.85. The zero-order valence-electron chi connectivity index (χ0n) is 12.2. The quantitative estimate of drug-likeness (QED) is 0.586. The van der Waals surface area contributed by atoms with E-state index < -0.39 is 10.9 Å². The van der Waals surface area contributed by atoms with Crippen LogP contribution >= 0.6 is 0 Å². The SMILES string of the molecule is Cc1ccc2c(C(=O)O)cc(-c3ccc([N+](=O)[O-])cc3)nc2c1. The summed E-state index contributed by atoms with van der Waals surface area (Å²) < 4.78 is 0. The summed E-state index contributed by atoms with van der Waals surface area (Å²) in [5.74, 6) is -1.04. The van der Waals surface area contributed by atoms with Crippen LogP contribution in [0.5, 0.6) is 0 Å². The van der Waals surface area contributed by atoms with Gasteiger partial charge < -0.3 is 5.11 Å². The van der Waals surface area contributed by atoms with E-state index in [0.29, 0.717) is 22.2 Å². The lowest BCUT2D eigenvalue weighted by Gasteiger charge is -2.08. The third-order valence-corrected chi connectivity index (χ3v) is 3.57. The van der Waals surface area contributed by atoms with Crippen LogP contribution in [0.3, 0.4) is 0 Å². The minimum atomic E-state index is -1.04. The number of benzene rings is 2. The van der Waals surface area contributed by atoms with Crippen LogP contribution in [0.4, 0.5) is 5.69 Å². The average Bonchev–Trinajstić information content (AvgIpc) is 2.53. The number of fused-ring (bicyclic) bond motifs is 1. The average molecular weight is 308 g/mol. The van der Waals surface area contributed by atoms with Gasteiger partial charge in [-0.15, -0.1) is 0 Å². The van der Waals surface area contributed by atoms with Crippen molar-refractivity contribution in [1.29, 1.82) is 0 Å². The number of carbonyl (C=O) groups is 1. The van der Waals surface area contributed by atoms with Crippen LogP contribution in [0.15, 0.2) is 48.5 Å². The molecule has 3 aromatic rings. The van der Waals surface area contributed by atoms with Crippen LogP contribution in [0.2, 0.25) is 0 Å². The number of carboxylic acids is 1. The fourth-order valence-electron chi connectivity index (χ4n) is 2.42. The highest BCUT2D eigenvalue weighted by atomic mass is 16.6. The van der Waals surface area contributed by atoms with Crippen molar-refractivity contribution in [2.24, 2.45) is 0 Å². The molecule has 0 saturated carbocycles. The van der Waals surface area contributed by atoms with Crippen molar-refractivity contribution in [3.63, 3.8) is 0 Å². The molecule has 0 atom stereocenters. The molecule has 0 aliphatic carbocycles. The second-order valence-corrected chi connectivity index (χ2v) is 5.18. The molecule has 2 aromatic carbocycles. The molecular weight excluding hydrogens is 296 g/mol. The summed E-state index contributed by atoms with van der Waals surface area (Å²) in [6, 6.07) is 12.7. The number of rotatable bonds is 3. The summed E-state index contributed by atoms with van der Waals surface area (Å²) in [5, 5.41) is 20.7. The lowest BCUT2D eigenvalue weighted by molar-refractivity contribution is -0.384. The standard InChI is InChI=1S/C17H12N2O4/c1-10-2-7-13-14(17(20)21)9-15(18-16(13)8-10)11-3-5-12(6-4-11)19(22)23/h2-9H,1H3,(H,20,21). The third kappa shape index (κ3) is 2.74. The number of hydrogen-bond acceptors (Lipinski definition) is 4. The van der Waals surface area contributed by atoms with Gasteiger partial charge >= 0.3 is 5.97 Å². The lowest BCUT2D eigenvalue weighted by Crippen LogP contribution is -2.00. The van der Waals surface area contributed by atoms with Crippen LogP contribution in [-0.2, 0) is 0 Å². The van der Waals surface area contributed by atoms with Crippen molar-refractivity contribution in [3.8, 4) is 11.3 Å². The van der Waals surface area contributed by atoms with Crippen LogP contribution in [0, 0.1) is 17.0 Å². The van der Waals surface area contributed by atoms with Crippen molar-refractivity contribution in [3.05, 3.63) is 69.8 Å². The maximum absolute atomic E-state index is 11.5. The van der Waals surface area contributed by atoms with Gasteiger partial charge in [0.15, 0.2) is 0 Å². The number of aromatic carboxylic acids is 1. The largest absolute Gasteiger partial charge is 0.478 e. The number of nitro groups is 1. The van der Waals surface area contributed by atoms with E-state index in [4.69, 9.17) is 0 Å². The third-order valence-electron chi connectivity index (χ3n) is 3.57. The van der Waals surface area contributed by atoms with Gasteiger partial charge in [0, 0.05) is 23.1 Å². The molecule has 0 saturated heterocycles. The summed E-state index contributed by atoms with van der Waals surface area (Å²) in [5.41, 5.74) is 2.78. The van der Waals surface area contributed by atoms with E-state index >= 15 is 0 Å². The Hall–Kier alpha value is -3.28. The number of pyridine rings is 1. The van der Waals surface area contributed by atoms with Gasteiger partial charge in [0.05, 0.1) is 21.7 Å². The number of hydrogen-bond donors (Lipinski definition) is 1. The monoisotopic (exact) mass is 308 g/mol. The second kappa shape index (κ2) is 5.49. The predicted octanol–water partition coefficient (Wildman–Crippen LogP) is 3.82. The van der Waals surface area contributed by atoms with Crippen LogP contribution in [-0.4, -0.2) is 21.0 Å². The predicted molar refractivity (Wildman–Crippen MR) is 85.5 cm³/mol. The number of aromatic nitrogens is 1. The Labute approximate surface area is 131 Å². The van der Waals surface area contributed by atoms with Crippen LogP contribution < -0.4 is 0 Å². The van der Waals surface area contributed by atoms with Crippen LogP contribution in [0.1, 0.15) is 15.9 Å². The first kappa shape index (κ1) is 14.6. The minimum Gasteiger partial charge on any atom is -0.478 e. The fraction of sp³-hybridized carbons (Fsp3) is 0.0588. The maximum atomic E-state index is 11.5. The molecule has 114 valence electrons. The number of nitro benzene ring substituents is 1. The van der Waals surface area contributed by atoms with E-state index in [1.165, 1.54) is 18.2 Å². The molecule has 6 heteroatoms. The zero-order chi connectivity index (χ0) is 16.6. The topological polar surface area (TPSA) is 93.3 Å². The molecule has 0 fully saturated rings. The van der Waals surface area contributed by atoms with Crippen molar-refractivity contribution >= 4 is 22.6 Å². The Balaban J connectivity index is 2.21. The van der Waals surface area contributed by atoms with E-state index in [1.807, 2.05) is 19.1 Å². The molecule has 0 amide bonds. The van der Waals surface area contributed by atoms with Gasteiger partial charge in [0.25, 0.3) is 5.69 Å². The van der Waals surface area contributed by atoms with Crippen molar-refractivity contribution in [1.82, 2.24) is 4.98 Å². The highest BCUT2D eigenvalue weighted by Gasteiger charge is 2.14. The number of aryl methyl sites for hydroxylation is 1. The number of nitrogens with zero attached hydrogens (tertiary/aromatic N) is 2. The molecule has 0 spiro atoms. The highest BCUT2D eigenvalue weighted by molar-refractivity contribution is 6.03. The molecule has 1 N–H and O–H groups in total. The van der Waals surface area contributed by atoms with E-state index in [-0.39, 0.29) is 11.3 Å². The molecule has 0 aliphatic heterocycles. The lowest BCUT2D eigenvalue weighted by atomic mass is 10.0. The molecule has 3 rings (SSSR count). The summed E-state index contributed by atoms with van der Waals surface area (Å²) >= 11 is 0. The Morgan fingerprint density at radius 3 is 2.43 bits per heavy atom. The molecule has 6 nitrogen and oxygen atoms in total. The maximum Gasteiger partial charge on any atom is 0.336 e. The van der Waals surface area contributed by atoms with Gasteiger partial charge in [-0.1, -0.05) is 12.1 Å². The number of carboxylic acid groups (broad SMARTS) is 1. The number of non-ortho nitro benzene ring substituents is 1. The van der Waals surface area contributed by atoms with Gasteiger partial charge in [0.1, 0.15) is 0 Å². The summed E-state index contributed by atoms with van der Waals surface area (Å²) in [4.78, 5) is 26.2.